The third kappa shape index (κ3) is 2.99. The summed E-state index contributed by atoms with van der Waals surface area (Å²) in [6.45, 7) is 0.995. The third-order valence-corrected chi connectivity index (χ3v) is 5.03. The molecule has 0 unspecified atom stereocenters. The molecule has 0 bridgehead atoms. The third-order valence-electron chi connectivity index (χ3n) is 4.02. The molecule has 0 aromatic heterocycles. The van der Waals surface area contributed by atoms with E-state index in [9.17, 15) is 14.3 Å². The molecule has 3 nitrogen and oxygen atoms in total. The molecule has 1 saturated heterocycles. The number of hydrogen-bond donors (Lipinski definition) is 1. The second-order valence-corrected chi connectivity index (χ2v) is 6.85. The van der Waals surface area contributed by atoms with Crippen molar-refractivity contribution in [2.24, 2.45) is 5.92 Å². The van der Waals surface area contributed by atoms with Gasteiger partial charge < -0.3 is 10.0 Å². The van der Waals surface area contributed by atoms with E-state index in [0.717, 1.165) is 17.7 Å². The second-order valence-electron chi connectivity index (χ2n) is 5.68. The zero-order chi connectivity index (χ0) is 14.2. The van der Waals surface area contributed by atoms with Crippen molar-refractivity contribution in [1.82, 2.24) is 4.90 Å². The molecule has 1 saturated carbocycles. The lowest BCUT2D eigenvalue weighted by molar-refractivity contribution is -0.158. The van der Waals surface area contributed by atoms with Gasteiger partial charge in [-0.1, -0.05) is 0 Å². The fourth-order valence-electron chi connectivity index (χ4n) is 2.62. The predicted molar refractivity (Wildman–Crippen MR) is 76.0 cm³/mol. The van der Waals surface area contributed by atoms with Crippen LogP contribution in [0.1, 0.15) is 19.3 Å². The first kappa shape index (κ1) is 13.9. The van der Waals surface area contributed by atoms with Crippen molar-refractivity contribution in [3.8, 4) is 0 Å². The van der Waals surface area contributed by atoms with E-state index in [1.807, 2.05) is 0 Å². The SMILES string of the molecule is O=C(CCSc1ccc(F)cc1)N1CC(O)(C2CC2)C1. The average molecular weight is 295 g/mol. The Labute approximate surface area is 122 Å². The number of aliphatic hydroxyl groups is 1. The number of amides is 1. The van der Waals surface area contributed by atoms with Crippen molar-refractivity contribution in [1.29, 1.82) is 0 Å². The molecular weight excluding hydrogens is 277 g/mol. The topological polar surface area (TPSA) is 40.5 Å². The van der Waals surface area contributed by atoms with Crippen LogP contribution in [0.15, 0.2) is 29.2 Å². The van der Waals surface area contributed by atoms with Crippen LogP contribution in [0, 0.1) is 11.7 Å². The van der Waals surface area contributed by atoms with Crippen LogP contribution in [0.4, 0.5) is 4.39 Å². The van der Waals surface area contributed by atoms with Crippen molar-refractivity contribution in [3.05, 3.63) is 30.1 Å². The molecule has 0 atom stereocenters. The van der Waals surface area contributed by atoms with Crippen LogP contribution in [0.25, 0.3) is 0 Å². The predicted octanol–water partition coefficient (Wildman–Crippen LogP) is 2.29. The van der Waals surface area contributed by atoms with Crippen LogP contribution in [0.2, 0.25) is 0 Å². The van der Waals surface area contributed by atoms with Crippen molar-refractivity contribution in [2.45, 2.75) is 29.8 Å². The van der Waals surface area contributed by atoms with Crippen LogP contribution >= 0.6 is 11.8 Å². The summed E-state index contributed by atoms with van der Waals surface area (Å²) in [5, 5.41) is 10.2. The number of benzene rings is 1. The highest BCUT2D eigenvalue weighted by Crippen LogP contribution is 2.44. The summed E-state index contributed by atoms with van der Waals surface area (Å²) >= 11 is 1.55. The molecular formula is C15H18FNO2S. The van der Waals surface area contributed by atoms with E-state index in [2.05, 4.69) is 0 Å². The molecule has 1 N–H and O–H groups in total. The molecule has 1 heterocycles. The summed E-state index contributed by atoms with van der Waals surface area (Å²) < 4.78 is 12.7. The van der Waals surface area contributed by atoms with Crippen LogP contribution < -0.4 is 0 Å². The summed E-state index contributed by atoms with van der Waals surface area (Å²) in [7, 11) is 0. The Bertz CT molecular complexity index is 495. The smallest absolute Gasteiger partial charge is 0.223 e. The van der Waals surface area contributed by atoms with Gasteiger partial charge in [-0.2, -0.15) is 0 Å². The van der Waals surface area contributed by atoms with Crippen LogP contribution in [-0.2, 0) is 4.79 Å². The summed E-state index contributed by atoms with van der Waals surface area (Å²) in [6.07, 6.45) is 2.65. The number of carbonyl (C=O) groups is 1. The van der Waals surface area contributed by atoms with Crippen molar-refractivity contribution >= 4 is 17.7 Å². The quantitative estimate of drug-likeness (QED) is 0.847. The fourth-order valence-corrected chi connectivity index (χ4v) is 3.46. The minimum Gasteiger partial charge on any atom is -0.386 e. The molecule has 20 heavy (non-hydrogen) atoms. The van der Waals surface area contributed by atoms with E-state index in [1.54, 1.807) is 28.8 Å². The average Bonchev–Trinajstić information content (AvgIpc) is 3.22. The maximum atomic E-state index is 12.7. The molecule has 108 valence electrons. The fraction of sp³-hybridized carbons (Fsp3) is 0.533. The molecule has 1 aromatic carbocycles. The van der Waals surface area contributed by atoms with E-state index in [-0.39, 0.29) is 11.7 Å². The number of hydrogen-bond acceptors (Lipinski definition) is 3. The van der Waals surface area contributed by atoms with Gasteiger partial charge in [0, 0.05) is 17.1 Å². The van der Waals surface area contributed by atoms with Gasteiger partial charge in [-0.3, -0.25) is 4.79 Å². The zero-order valence-electron chi connectivity index (χ0n) is 11.2. The molecule has 5 heteroatoms. The van der Waals surface area contributed by atoms with E-state index < -0.39 is 5.60 Å². The zero-order valence-corrected chi connectivity index (χ0v) is 12.0. The number of thioether (sulfide) groups is 1. The highest BCUT2D eigenvalue weighted by Gasteiger charge is 2.52. The first-order chi connectivity index (χ1) is 9.57. The summed E-state index contributed by atoms with van der Waals surface area (Å²) in [5.41, 5.74) is -0.597. The van der Waals surface area contributed by atoms with Gasteiger partial charge in [0.15, 0.2) is 0 Å². The van der Waals surface area contributed by atoms with Gasteiger partial charge in [-0.05, 0) is 43.0 Å². The molecule has 1 aliphatic carbocycles. The Hall–Kier alpha value is -1.07. The number of β-amino-alcohol motifs (C(OH)–C–C–N with tert-alkyl or cyclic N) is 1. The molecule has 2 fully saturated rings. The van der Waals surface area contributed by atoms with Crippen molar-refractivity contribution in [3.63, 3.8) is 0 Å². The Morgan fingerprint density at radius 3 is 2.60 bits per heavy atom. The Balaban J connectivity index is 1.39. The Kier molecular flexibility index (Phi) is 3.73. The standard InChI is InChI=1S/C15H18FNO2S/c16-12-3-5-13(6-4-12)20-8-7-14(18)17-9-15(19,10-17)11-1-2-11/h3-6,11,19H,1-2,7-10H2. The van der Waals surface area contributed by atoms with Crippen LogP contribution in [0.3, 0.4) is 0 Å². The molecule has 3 rings (SSSR count). The van der Waals surface area contributed by atoms with Gasteiger partial charge in [0.05, 0.1) is 13.1 Å². The molecule has 1 aliphatic heterocycles. The van der Waals surface area contributed by atoms with Gasteiger partial charge in [-0.15, -0.1) is 11.8 Å². The van der Waals surface area contributed by atoms with Gasteiger partial charge in [0.1, 0.15) is 11.4 Å². The van der Waals surface area contributed by atoms with Crippen LogP contribution in [0.5, 0.6) is 0 Å². The van der Waals surface area contributed by atoms with Gasteiger partial charge in [0.2, 0.25) is 5.91 Å². The van der Waals surface area contributed by atoms with Crippen molar-refractivity contribution in [2.75, 3.05) is 18.8 Å². The van der Waals surface area contributed by atoms with E-state index >= 15 is 0 Å². The van der Waals surface area contributed by atoms with Crippen LogP contribution in [-0.4, -0.2) is 40.4 Å². The molecule has 1 amide bonds. The van der Waals surface area contributed by atoms with Gasteiger partial charge in [-0.25, -0.2) is 4.39 Å². The Morgan fingerprint density at radius 2 is 2.00 bits per heavy atom. The number of rotatable bonds is 5. The number of nitrogens with zero attached hydrogens (tertiary/aromatic N) is 1. The van der Waals surface area contributed by atoms with E-state index in [0.29, 0.717) is 31.2 Å². The Morgan fingerprint density at radius 1 is 1.35 bits per heavy atom. The summed E-state index contributed by atoms with van der Waals surface area (Å²) in [6, 6.07) is 6.30. The monoisotopic (exact) mass is 295 g/mol. The van der Waals surface area contributed by atoms with E-state index in [1.165, 1.54) is 12.1 Å². The number of halogens is 1. The molecule has 0 spiro atoms. The number of likely N-dealkylation sites (tertiary alicyclic amines) is 1. The maximum Gasteiger partial charge on any atom is 0.223 e. The highest BCUT2D eigenvalue weighted by atomic mass is 32.2. The number of carbonyl (C=O) groups excluding carboxylic acids is 1. The van der Waals surface area contributed by atoms with Crippen molar-refractivity contribution < 1.29 is 14.3 Å². The normalized spacial score (nSPS) is 20.6. The lowest BCUT2D eigenvalue weighted by Gasteiger charge is -2.47. The minimum absolute atomic E-state index is 0.102. The highest BCUT2D eigenvalue weighted by molar-refractivity contribution is 7.99. The van der Waals surface area contributed by atoms with E-state index in [4.69, 9.17) is 0 Å². The van der Waals surface area contributed by atoms with Gasteiger partial charge in [0.25, 0.3) is 0 Å². The lowest BCUT2D eigenvalue weighted by atomic mass is 9.88. The minimum atomic E-state index is -0.597. The van der Waals surface area contributed by atoms with Gasteiger partial charge >= 0.3 is 0 Å². The molecule has 0 radical (unpaired) electrons. The first-order valence-electron chi connectivity index (χ1n) is 6.95. The first-order valence-corrected chi connectivity index (χ1v) is 7.94. The largest absolute Gasteiger partial charge is 0.386 e. The summed E-state index contributed by atoms with van der Waals surface area (Å²) in [4.78, 5) is 14.7. The lowest BCUT2D eigenvalue weighted by Crippen LogP contribution is -2.64. The maximum absolute atomic E-state index is 12.7. The summed E-state index contributed by atoms with van der Waals surface area (Å²) in [5.74, 6) is 0.957. The molecule has 2 aliphatic rings. The molecule has 1 aromatic rings. The second kappa shape index (κ2) is 5.37.